The molecule has 1 N–H and O–H groups in total. The van der Waals surface area contributed by atoms with E-state index in [1.165, 1.54) is 12.1 Å². The molecule has 2 atom stereocenters. The van der Waals surface area contributed by atoms with Crippen molar-refractivity contribution >= 4 is 10.0 Å². The van der Waals surface area contributed by atoms with Crippen molar-refractivity contribution < 1.29 is 12.8 Å². The molecule has 0 unspecified atom stereocenters. The van der Waals surface area contributed by atoms with Gasteiger partial charge in [-0.2, -0.15) is 0 Å². The molecule has 122 valence electrons. The standard InChI is InChI=1S/C18H20FNO2S/c1-12(2)23(21,22)20-18-11-17(18)15-5-3-13(4-6-15)14-7-9-16(19)10-8-14/h3-10,12,17-18,20H,11H2,1-2H3/t17-,18+/m0/s1. The Kier molecular flexibility index (Phi) is 4.25. The zero-order valence-corrected chi connectivity index (χ0v) is 14.0. The second-order valence-electron chi connectivity index (χ2n) is 6.29. The first kappa shape index (κ1) is 16.1. The van der Waals surface area contributed by atoms with Gasteiger partial charge in [0.15, 0.2) is 0 Å². The highest BCUT2D eigenvalue weighted by molar-refractivity contribution is 7.90. The Balaban J connectivity index is 1.69. The van der Waals surface area contributed by atoms with E-state index in [2.05, 4.69) is 4.72 Å². The Morgan fingerprint density at radius 1 is 1.00 bits per heavy atom. The molecule has 1 saturated carbocycles. The van der Waals surface area contributed by atoms with Gasteiger partial charge in [0, 0.05) is 12.0 Å². The van der Waals surface area contributed by atoms with Gasteiger partial charge >= 0.3 is 0 Å². The molecule has 3 rings (SSSR count). The maximum Gasteiger partial charge on any atom is 0.214 e. The van der Waals surface area contributed by atoms with Crippen LogP contribution in [0.3, 0.4) is 0 Å². The maximum atomic E-state index is 13.0. The van der Waals surface area contributed by atoms with Crippen molar-refractivity contribution in [3.05, 3.63) is 59.9 Å². The van der Waals surface area contributed by atoms with E-state index >= 15 is 0 Å². The second kappa shape index (κ2) is 6.06. The predicted octanol–water partition coefficient (Wildman–Crippen LogP) is 3.68. The SMILES string of the molecule is CC(C)S(=O)(=O)N[C@@H]1C[C@H]1c1ccc(-c2ccc(F)cc2)cc1. The quantitative estimate of drug-likeness (QED) is 0.907. The van der Waals surface area contributed by atoms with Crippen LogP contribution in [0.5, 0.6) is 0 Å². The fourth-order valence-corrected chi connectivity index (χ4v) is 3.56. The molecule has 0 spiro atoms. The Labute approximate surface area is 136 Å². The lowest BCUT2D eigenvalue weighted by atomic mass is 10.0. The van der Waals surface area contributed by atoms with Gasteiger partial charge in [-0.05, 0) is 49.1 Å². The Hall–Kier alpha value is -1.72. The van der Waals surface area contributed by atoms with E-state index < -0.39 is 15.3 Å². The molecule has 2 aromatic carbocycles. The van der Waals surface area contributed by atoms with Crippen LogP contribution in [0.15, 0.2) is 48.5 Å². The topological polar surface area (TPSA) is 46.2 Å². The van der Waals surface area contributed by atoms with Crippen LogP contribution in [0, 0.1) is 5.82 Å². The third-order valence-electron chi connectivity index (χ3n) is 4.24. The summed E-state index contributed by atoms with van der Waals surface area (Å²) >= 11 is 0. The van der Waals surface area contributed by atoms with E-state index in [0.29, 0.717) is 0 Å². The Morgan fingerprint density at radius 2 is 1.52 bits per heavy atom. The summed E-state index contributed by atoms with van der Waals surface area (Å²) in [4.78, 5) is 0. The minimum absolute atomic E-state index is 0.000860. The highest BCUT2D eigenvalue weighted by Crippen LogP contribution is 2.41. The lowest BCUT2D eigenvalue weighted by Crippen LogP contribution is -2.33. The van der Waals surface area contributed by atoms with Crippen molar-refractivity contribution in [3.8, 4) is 11.1 Å². The summed E-state index contributed by atoms with van der Waals surface area (Å²) in [6.45, 7) is 3.36. The Bertz CT molecular complexity index is 783. The number of nitrogens with one attached hydrogen (secondary N) is 1. The largest absolute Gasteiger partial charge is 0.214 e. The number of sulfonamides is 1. The minimum Gasteiger partial charge on any atom is -0.212 e. The number of halogens is 1. The molecule has 0 bridgehead atoms. The molecule has 2 aromatic rings. The monoisotopic (exact) mass is 333 g/mol. The van der Waals surface area contributed by atoms with Crippen molar-refractivity contribution in [2.75, 3.05) is 0 Å². The van der Waals surface area contributed by atoms with Gasteiger partial charge in [0.2, 0.25) is 10.0 Å². The van der Waals surface area contributed by atoms with Crippen molar-refractivity contribution in [1.29, 1.82) is 0 Å². The molecule has 1 fully saturated rings. The van der Waals surface area contributed by atoms with Gasteiger partial charge in [0.25, 0.3) is 0 Å². The van der Waals surface area contributed by atoms with Crippen LogP contribution in [0.4, 0.5) is 4.39 Å². The van der Waals surface area contributed by atoms with Crippen molar-refractivity contribution in [3.63, 3.8) is 0 Å². The highest BCUT2D eigenvalue weighted by atomic mass is 32.2. The molecule has 23 heavy (non-hydrogen) atoms. The van der Waals surface area contributed by atoms with Crippen LogP contribution in [0.1, 0.15) is 31.7 Å². The van der Waals surface area contributed by atoms with Crippen LogP contribution in [0.2, 0.25) is 0 Å². The summed E-state index contributed by atoms with van der Waals surface area (Å²) in [6, 6.07) is 14.4. The van der Waals surface area contributed by atoms with Gasteiger partial charge < -0.3 is 0 Å². The van der Waals surface area contributed by atoms with Gasteiger partial charge in [0.05, 0.1) is 5.25 Å². The fourth-order valence-electron chi connectivity index (χ4n) is 2.61. The molecule has 1 aliphatic rings. The van der Waals surface area contributed by atoms with E-state index in [-0.39, 0.29) is 17.8 Å². The van der Waals surface area contributed by atoms with Crippen LogP contribution >= 0.6 is 0 Å². The molecular formula is C18H20FNO2S. The maximum absolute atomic E-state index is 13.0. The molecule has 0 radical (unpaired) electrons. The fraction of sp³-hybridized carbons (Fsp3) is 0.333. The van der Waals surface area contributed by atoms with E-state index in [9.17, 15) is 12.8 Å². The zero-order chi connectivity index (χ0) is 16.6. The summed E-state index contributed by atoms with van der Waals surface area (Å²) in [7, 11) is -3.22. The summed E-state index contributed by atoms with van der Waals surface area (Å²) < 4.78 is 39.5. The van der Waals surface area contributed by atoms with Crippen LogP contribution in [-0.4, -0.2) is 19.7 Å². The van der Waals surface area contributed by atoms with E-state index in [1.807, 2.05) is 24.3 Å². The van der Waals surface area contributed by atoms with Crippen molar-refractivity contribution in [2.24, 2.45) is 0 Å². The molecule has 0 aliphatic heterocycles. The summed E-state index contributed by atoms with van der Waals surface area (Å²) in [5, 5.41) is -0.412. The van der Waals surface area contributed by atoms with E-state index in [1.54, 1.807) is 26.0 Å². The van der Waals surface area contributed by atoms with E-state index in [4.69, 9.17) is 0 Å². The average Bonchev–Trinajstić information content (AvgIpc) is 3.26. The number of hydrogen-bond acceptors (Lipinski definition) is 2. The molecule has 3 nitrogen and oxygen atoms in total. The first-order valence-corrected chi connectivity index (χ1v) is 9.28. The van der Waals surface area contributed by atoms with E-state index in [0.717, 1.165) is 23.1 Å². The second-order valence-corrected chi connectivity index (χ2v) is 8.56. The summed E-state index contributed by atoms with van der Waals surface area (Å²) in [5.41, 5.74) is 3.12. The molecule has 0 saturated heterocycles. The van der Waals surface area contributed by atoms with Gasteiger partial charge in [0.1, 0.15) is 5.82 Å². The molecule has 1 aliphatic carbocycles. The van der Waals surface area contributed by atoms with Gasteiger partial charge in [-0.3, -0.25) is 0 Å². The summed E-state index contributed by atoms with van der Waals surface area (Å²) in [5.74, 6) is -0.00517. The zero-order valence-electron chi connectivity index (χ0n) is 13.2. The third kappa shape index (κ3) is 3.62. The molecule has 5 heteroatoms. The minimum atomic E-state index is -3.22. The lowest BCUT2D eigenvalue weighted by Gasteiger charge is -2.09. The van der Waals surface area contributed by atoms with Crippen LogP contribution in [0.25, 0.3) is 11.1 Å². The normalized spacial score (nSPS) is 20.7. The number of benzene rings is 2. The smallest absolute Gasteiger partial charge is 0.212 e. The average molecular weight is 333 g/mol. The first-order valence-electron chi connectivity index (χ1n) is 7.74. The molecule has 0 heterocycles. The number of rotatable bonds is 5. The number of hydrogen-bond donors (Lipinski definition) is 1. The van der Waals surface area contributed by atoms with Gasteiger partial charge in [-0.15, -0.1) is 0 Å². The highest BCUT2D eigenvalue weighted by Gasteiger charge is 2.41. The Morgan fingerprint density at radius 3 is 2.04 bits per heavy atom. The van der Waals surface area contributed by atoms with Crippen LogP contribution in [-0.2, 0) is 10.0 Å². The molecular weight excluding hydrogens is 313 g/mol. The van der Waals surface area contributed by atoms with Crippen LogP contribution < -0.4 is 4.72 Å². The lowest BCUT2D eigenvalue weighted by molar-refractivity contribution is 0.571. The van der Waals surface area contributed by atoms with Crippen molar-refractivity contribution in [2.45, 2.75) is 37.5 Å². The van der Waals surface area contributed by atoms with Crippen molar-refractivity contribution in [1.82, 2.24) is 4.72 Å². The molecule has 0 aromatic heterocycles. The molecule has 0 amide bonds. The van der Waals surface area contributed by atoms with Gasteiger partial charge in [-0.25, -0.2) is 17.5 Å². The first-order chi connectivity index (χ1) is 10.9. The summed E-state index contributed by atoms with van der Waals surface area (Å²) in [6.07, 6.45) is 0.835. The third-order valence-corrected chi connectivity index (χ3v) is 6.12. The predicted molar refractivity (Wildman–Crippen MR) is 90.2 cm³/mol. The van der Waals surface area contributed by atoms with Gasteiger partial charge in [-0.1, -0.05) is 36.4 Å².